The smallest absolute Gasteiger partial charge is 0.341 e. The van der Waals surface area contributed by atoms with Crippen molar-refractivity contribution < 1.29 is 28.6 Å². The number of carboxylic acids is 1. The van der Waals surface area contributed by atoms with E-state index in [0.717, 1.165) is 0 Å². The average Bonchev–Trinajstić information content (AvgIpc) is 2.84. The minimum atomic E-state index is -1.09. The van der Waals surface area contributed by atoms with E-state index in [0.29, 0.717) is 42.4 Å². The van der Waals surface area contributed by atoms with Crippen molar-refractivity contribution in [2.45, 2.75) is 0 Å². The summed E-state index contributed by atoms with van der Waals surface area (Å²) >= 11 is 5.92. The SMILES string of the molecule is O=C(O)COc1cccc2c1OCCN2CCN(C(=O)c1ccccc1)c1ccc(Cl)cc1F. The van der Waals surface area contributed by atoms with Crippen LogP contribution in [0.3, 0.4) is 0 Å². The lowest BCUT2D eigenvalue weighted by atomic mass is 10.1. The number of carbonyl (C=O) groups excluding carboxylic acids is 1. The molecule has 34 heavy (non-hydrogen) atoms. The Hall–Kier alpha value is -3.78. The lowest BCUT2D eigenvalue weighted by molar-refractivity contribution is -0.139. The molecule has 7 nitrogen and oxygen atoms in total. The van der Waals surface area contributed by atoms with Gasteiger partial charge in [-0.05, 0) is 42.5 Å². The van der Waals surface area contributed by atoms with Gasteiger partial charge >= 0.3 is 5.97 Å². The van der Waals surface area contributed by atoms with E-state index >= 15 is 0 Å². The summed E-state index contributed by atoms with van der Waals surface area (Å²) in [6.45, 7) is 0.953. The first-order chi connectivity index (χ1) is 16.4. The van der Waals surface area contributed by atoms with E-state index in [2.05, 4.69) is 0 Å². The maximum Gasteiger partial charge on any atom is 0.341 e. The Kier molecular flexibility index (Phi) is 7.18. The lowest BCUT2D eigenvalue weighted by Crippen LogP contribution is -2.42. The fourth-order valence-electron chi connectivity index (χ4n) is 3.75. The fourth-order valence-corrected chi connectivity index (χ4v) is 3.91. The Morgan fingerprint density at radius 1 is 1.12 bits per heavy atom. The summed E-state index contributed by atoms with van der Waals surface area (Å²) in [5, 5.41) is 9.16. The van der Waals surface area contributed by atoms with E-state index in [1.807, 2.05) is 11.0 Å². The van der Waals surface area contributed by atoms with Crippen LogP contribution in [0.25, 0.3) is 0 Å². The van der Waals surface area contributed by atoms with Crippen molar-refractivity contribution in [1.82, 2.24) is 0 Å². The number of aliphatic carboxylic acids is 1. The number of halogens is 2. The molecule has 0 bridgehead atoms. The number of amides is 1. The molecule has 1 heterocycles. The standard InChI is InChI=1S/C25H22ClFN2O5/c26-18-9-10-20(19(27)15-18)29(25(32)17-5-2-1-3-6-17)12-11-28-13-14-33-24-21(28)7-4-8-22(24)34-16-23(30)31/h1-10,15H,11-14,16H2,(H,30,31). The molecule has 0 spiro atoms. The first-order valence-electron chi connectivity index (χ1n) is 10.6. The van der Waals surface area contributed by atoms with Crippen molar-refractivity contribution >= 4 is 34.9 Å². The van der Waals surface area contributed by atoms with Crippen LogP contribution in [0.1, 0.15) is 10.4 Å². The fraction of sp³-hybridized carbons (Fsp3) is 0.200. The Balaban J connectivity index is 1.60. The monoisotopic (exact) mass is 484 g/mol. The van der Waals surface area contributed by atoms with Gasteiger partial charge in [0.15, 0.2) is 18.1 Å². The second kappa shape index (κ2) is 10.4. The predicted molar refractivity (Wildman–Crippen MR) is 127 cm³/mol. The molecule has 0 fully saturated rings. The lowest BCUT2D eigenvalue weighted by Gasteiger charge is -2.34. The maximum absolute atomic E-state index is 14.8. The van der Waals surface area contributed by atoms with Crippen LogP contribution < -0.4 is 19.3 Å². The molecule has 0 radical (unpaired) electrons. The van der Waals surface area contributed by atoms with Crippen molar-refractivity contribution in [3.8, 4) is 11.5 Å². The Bertz CT molecular complexity index is 1190. The summed E-state index contributed by atoms with van der Waals surface area (Å²) in [4.78, 5) is 27.6. The molecule has 9 heteroatoms. The van der Waals surface area contributed by atoms with Crippen LogP contribution in [0.4, 0.5) is 15.8 Å². The van der Waals surface area contributed by atoms with E-state index in [1.165, 1.54) is 17.0 Å². The minimum Gasteiger partial charge on any atom is -0.486 e. The summed E-state index contributed by atoms with van der Waals surface area (Å²) in [5.74, 6) is -1.26. The predicted octanol–water partition coefficient (Wildman–Crippen LogP) is 4.49. The average molecular weight is 485 g/mol. The van der Waals surface area contributed by atoms with Gasteiger partial charge in [-0.25, -0.2) is 9.18 Å². The third kappa shape index (κ3) is 5.23. The van der Waals surface area contributed by atoms with Crippen LogP contribution >= 0.6 is 11.6 Å². The summed E-state index contributed by atoms with van der Waals surface area (Å²) < 4.78 is 25.9. The summed E-state index contributed by atoms with van der Waals surface area (Å²) in [6.07, 6.45) is 0. The number of fused-ring (bicyclic) bond motifs is 1. The van der Waals surface area contributed by atoms with E-state index in [-0.39, 0.29) is 23.2 Å². The highest BCUT2D eigenvalue weighted by Gasteiger charge is 2.25. The molecular formula is C25H22ClFN2O5. The Morgan fingerprint density at radius 2 is 1.91 bits per heavy atom. The van der Waals surface area contributed by atoms with Gasteiger partial charge in [0.25, 0.3) is 5.91 Å². The number of rotatable bonds is 8. The van der Waals surface area contributed by atoms with Gasteiger partial charge in [0.2, 0.25) is 0 Å². The number of hydrogen-bond acceptors (Lipinski definition) is 5. The van der Waals surface area contributed by atoms with Crippen LogP contribution in [0, 0.1) is 5.82 Å². The van der Waals surface area contributed by atoms with Crippen LogP contribution in [0.5, 0.6) is 11.5 Å². The van der Waals surface area contributed by atoms with Crippen LogP contribution in [-0.2, 0) is 4.79 Å². The summed E-state index contributed by atoms with van der Waals surface area (Å²) in [6, 6.07) is 18.1. The molecule has 4 rings (SSSR count). The normalized spacial score (nSPS) is 12.5. The van der Waals surface area contributed by atoms with Crippen molar-refractivity contribution in [3.05, 3.63) is 83.1 Å². The number of benzene rings is 3. The molecule has 0 aromatic heterocycles. The molecule has 3 aromatic rings. The molecular weight excluding hydrogens is 463 g/mol. The van der Waals surface area contributed by atoms with E-state index in [4.69, 9.17) is 26.2 Å². The third-order valence-corrected chi connectivity index (χ3v) is 5.55. The van der Waals surface area contributed by atoms with Crippen LogP contribution in [-0.4, -0.2) is 49.8 Å². The van der Waals surface area contributed by atoms with E-state index in [9.17, 15) is 14.0 Å². The Morgan fingerprint density at radius 3 is 2.65 bits per heavy atom. The molecule has 3 aromatic carbocycles. The van der Waals surface area contributed by atoms with Crippen LogP contribution in [0.15, 0.2) is 66.7 Å². The third-order valence-electron chi connectivity index (χ3n) is 5.32. The molecule has 0 aliphatic carbocycles. The van der Waals surface area contributed by atoms with Gasteiger partial charge in [0, 0.05) is 23.7 Å². The maximum atomic E-state index is 14.8. The number of para-hydroxylation sites is 1. The van der Waals surface area contributed by atoms with Gasteiger partial charge in [0.1, 0.15) is 12.4 Å². The van der Waals surface area contributed by atoms with Gasteiger partial charge in [-0.1, -0.05) is 35.9 Å². The number of nitrogens with zero attached hydrogens (tertiary/aromatic N) is 2. The van der Waals surface area contributed by atoms with Crippen molar-refractivity contribution in [2.75, 3.05) is 42.6 Å². The molecule has 1 amide bonds. The van der Waals surface area contributed by atoms with Crippen molar-refractivity contribution in [1.29, 1.82) is 0 Å². The number of anilines is 2. The molecule has 0 atom stereocenters. The van der Waals surface area contributed by atoms with Crippen LogP contribution in [0.2, 0.25) is 5.02 Å². The minimum absolute atomic E-state index is 0.130. The molecule has 0 saturated heterocycles. The molecule has 176 valence electrons. The van der Waals surface area contributed by atoms with Gasteiger partial charge in [-0.15, -0.1) is 0 Å². The quantitative estimate of drug-likeness (QED) is 0.507. The first-order valence-corrected chi connectivity index (χ1v) is 11.0. The van der Waals surface area contributed by atoms with Crippen molar-refractivity contribution in [3.63, 3.8) is 0 Å². The first kappa shape index (κ1) is 23.4. The zero-order valence-corrected chi connectivity index (χ0v) is 18.9. The molecule has 0 saturated carbocycles. The van der Waals surface area contributed by atoms with E-state index in [1.54, 1.807) is 48.5 Å². The van der Waals surface area contributed by atoms with Gasteiger partial charge < -0.3 is 24.4 Å². The Labute approximate surface area is 200 Å². The molecule has 1 N–H and O–H groups in total. The second-order valence-corrected chi connectivity index (χ2v) is 7.98. The highest BCUT2D eigenvalue weighted by molar-refractivity contribution is 6.30. The van der Waals surface area contributed by atoms with E-state index < -0.39 is 18.4 Å². The number of carboxylic acid groups (broad SMARTS) is 1. The molecule has 1 aliphatic rings. The highest BCUT2D eigenvalue weighted by Crippen LogP contribution is 2.40. The largest absolute Gasteiger partial charge is 0.486 e. The molecule has 1 aliphatic heterocycles. The number of carbonyl (C=O) groups is 2. The topological polar surface area (TPSA) is 79.3 Å². The van der Waals surface area contributed by atoms with Gasteiger partial charge in [-0.2, -0.15) is 0 Å². The highest BCUT2D eigenvalue weighted by atomic mass is 35.5. The zero-order valence-electron chi connectivity index (χ0n) is 18.1. The van der Waals surface area contributed by atoms with Gasteiger partial charge in [-0.3, -0.25) is 4.79 Å². The van der Waals surface area contributed by atoms with Gasteiger partial charge in [0.05, 0.1) is 17.9 Å². The number of ether oxygens (including phenoxy) is 2. The second-order valence-electron chi connectivity index (χ2n) is 7.54. The van der Waals surface area contributed by atoms with Crippen molar-refractivity contribution in [2.24, 2.45) is 0 Å². The summed E-state index contributed by atoms with van der Waals surface area (Å²) in [5.41, 5.74) is 1.27. The number of hydrogen-bond donors (Lipinski definition) is 1. The summed E-state index contributed by atoms with van der Waals surface area (Å²) in [7, 11) is 0. The molecule has 0 unspecified atom stereocenters. The zero-order chi connectivity index (χ0) is 24.1.